The summed E-state index contributed by atoms with van der Waals surface area (Å²) in [5, 5.41) is 23.1. The maximum atomic E-state index is 12.9. The Bertz CT molecular complexity index is 1060. The van der Waals surface area contributed by atoms with Gasteiger partial charge in [0.2, 0.25) is 0 Å². The monoisotopic (exact) mass is 419 g/mol. The van der Waals surface area contributed by atoms with E-state index >= 15 is 0 Å². The van der Waals surface area contributed by atoms with Crippen LogP contribution in [0.2, 0.25) is 0 Å². The van der Waals surface area contributed by atoms with Crippen LogP contribution in [0.1, 0.15) is 5.56 Å². The number of anilines is 1. The van der Waals surface area contributed by atoms with Gasteiger partial charge in [-0.3, -0.25) is 4.98 Å². The highest BCUT2D eigenvalue weighted by Gasteiger charge is 2.31. The van der Waals surface area contributed by atoms with Gasteiger partial charge in [-0.1, -0.05) is 0 Å². The molecular weight excluding hydrogens is 399 g/mol. The molecule has 0 bridgehead atoms. The lowest BCUT2D eigenvalue weighted by Gasteiger charge is -2.30. The maximum Gasteiger partial charge on any atom is 0.416 e. The van der Waals surface area contributed by atoms with E-state index in [4.69, 9.17) is 4.74 Å². The van der Waals surface area contributed by atoms with Crippen molar-refractivity contribution in [1.29, 1.82) is 0 Å². The van der Waals surface area contributed by atoms with Gasteiger partial charge in [-0.2, -0.15) is 13.2 Å². The lowest BCUT2D eigenvalue weighted by molar-refractivity contribution is -0.137. The fraction of sp³-hybridized carbons (Fsp3) is 0.350. The number of phenolic OH excluding ortho intramolecular Hbond substituents is 1. The van der Waals surface area contributed by atoms with E-state index in [0.29, 0.717) is 35.8 Å². The van der Waals surface area contributed by atoms with Crippen molar-refractivity contribution in [3.05, 3.63) is 42.2 Å². The maximum absolute atomic E-state index is 12.9. The number of phenols is 1. The number of alkyl halides is 3. The Balaban J connectivity index is 1.66. The minimum atomic E-state index is -4.54. The highest BCUT2D eigenvalue weighted by Crippen LogP contribution is 2.38. The van der Waals surface area contributed by atoms with E-state index in [9.17, 15) is 18.3 Å². The molecule has 1 aliphatic heterocycles. The molecule has 4 rings (SSSR count). The molecule has 3 heterocycles. The lowest BCUT2D eigenvalue weighted by Crippen LogP contribution is -2.43. The highest BCUT2D eigenvalue weighted by atomic mass is 19.4. The van der Waals surface area contributed by atoms with Gasteiger partial charge in [0.1, 0.15) is 11.4 Å². The first-order valence-corrected chi connectivity index (χ1v) is 9.38. The summed E-state index contributed by atoms with van der Waals surface area (Å²) >= 11 is 0. The van der Waals surface area contributed by atoms with Gasteiger partial charge in [0.25, 0.3) is 0 Å². The summed E-state index contributed by atoms with van der Waals surface area (Å²) in [7, 11) is 2.03. The van der Waals surface area contributed by atoms with Crippen LogP contribution >= 0.6 is 0 Å². The minimum absolute atomic E-state index is 0.00379. The average molecular weight is 419 g/mol. The van der Waals surface area contributed by atoms with Gasteiger partial charge in [0, 0.05) is 48.4 Å². The van der Waals surface area contributed by atoms with Crippen LogP contribution in [0, 0.1) is 0 Å². The normalized spacial score (nSPS) is 17.9. The van der Waals surface area contributed by atoms with Crippen molar-refractivity contribution < 1.29 is 23.0 Å². The minimum Gasteiger partial charge on any atom is -0.507 e. The van der Waals surface area contributed by atoms with Crippen LogP contribution in [0.4, 0.5) is 19.0 Å². The van der Waals surface area contributed by atoms with E-state index in [1.165, 1.54) is 6.07 Å². The van der Waals surface area contributed by atoms with Crippen LogP contribution in [0.3, 0.4) is 0 Å². The molecule has 0 amide bonds. The highest BCUT2D eigenvalue weighted by molar-refractivity contribution is 6.00. The Morgan fingerprint density at radius 1 is 1.23 bits per heavy atom. The van der Waals surface area contributed by atoms with Gasteiger partial charge in [-0.05, 0) is 31.3 Å². The molecule has 0 aliphatic carbocycles. The number of ether oxygens (including phenoxy) is 1. The third-order valence-electron chi connectivity index (χ3n) is 5.00. The van der Waals surface area contributed by atoms with Crippen LogP contribution in [0.25, 0.3) is 22.0 Å². The Kier molecular flexibility index (Phi) is 5.44. The van der Waals surface area contributed by atoms with Crippen molar-refractivity contribution in [2.24, 2.45) is 0 Å². The fourth-order valence-corrected chi connectivity index (χ4v) is 3.44. The zero-order valence-electron chi connectivity index (χ0n) is 16.1. The van der Waals surface area contributed by atoms with Gasteiger partial charge in [-0.15, -0.1) is 10.2 Å². The van der Waals surface area contributed by atoms with Gasteiger partial charge in [-0.25, -0.2) is 0 Å². The smallest absolute Gasteiger partial charge is 0.416 e. The van der Waals surface area contributed by atoms with E-state index in [-0.39, 0.29) is 17.4 Å². The molecule has 158 valence electrons. The standard InChI is InChI=1S/C20H20F3N5O2/c1-28-6-7-30-13(11-28)9-25-19-16-10-24-5-4-14(16)18(26-27-19)15-3-2-12(8-17(15)29)20(21,22)23/h2-5,8,10,13,29H,6-7,9,11H2,1H3,(H,25,27)/t13-/m0/s1. The van der Waals surface area contributed by atoms with Crippen molar-refractivity contribution in [3.63, 3.8) is 0 Å². The molecule has 30 heavy (non-hydrogen) atoms. The quantitative estimate of drug-likeness (QED) is 0.672. The number of nitrogens with one attached hydrogen (secondary N) is 1. The molecule has 0 unspecified atom stereocenters. The summed E-state index contributed by atoms with van der Waals surface area (Å²) in [4.78, 5) is 6.30. The molecule has 1 fully saturated rings. The van der Waals surface area contributed by atoms with E-state index in [2.05, 4.69) is 25.4 Å². The third-order valence-corrected chi connectivity index (χ3v) is 5.00. The predicted octanol–water partition coefficient (Wildman–Crippen LogP) is 3.16. The lowest BCUT2D eigenvalue weighted by atomic mass is 10.0. The topological polar surface area (TPSA) is 83.4 Å². The molecule has 3 aromatic rings. The number of morpholine rings is 1. The first-order chi connectivity index (χ1) is 14.3. The SMILES string of the molecule is CN1CCO[C@@H](CNc2nnc(-c3ccc(C(F)(F)F)cc3O)c3ccncc23)C1. The average Bonchev–Trinajstić information content (AvgIpc) is 2.71. The van der Waals surface area contributed by atoms with E-state index < -0.39 is 17.5 Å². The Morgan fingerprint density at radius 3 is 2.80 bits per heavy atom. The number of aromatic nitrogens is 3. The number of benzene rings is 1. The van der Waals surface area contributed by atoms with Crippen molar-refractivity contribution in [2.45, 2.75) is 12.3 Å². The van der Waals surface area contributed by atoms with Gasteiger partial charge >= 0.3 is 6.18 Å². The van der Waals surface area contributed by atoms with Gasteiger partial charge in [0.05, 0.1) is 18.3 Å². The van der Waals surface area contributed by atoms with E-state index in [1.807, 2.05) is 7.05 Å². The Morgan fingerprint density at radius 2 is 2.07 bits per heavy atom. The number of likely N-dealkylation sites (N-methyl/N-ethyl adjacent to an activating group) is 1. The number of hydrogen-bond acceptors (Lipinski definition) is 7. The second-order valence-electron chi connectivity index (χ2n) is 7.18. The molecule has 0 saturated carbocycles. The summed E-state index contributed by atoms with van der Waals surface area (Å²) in [6.07, 6.45) is -1.39. The molecule has 2 N–H and O–H groups in total. The molecule has 0 spiro atoms. The van der Waals surface area contributed by atoms with Crippen LogP contribution in [-0.2, 0) is 10.9 Å². The second kappa shape index (κ2) is 8.04. The molecule has 2 aromatic heterocycles. The van der Waals surface area contributed by atoms with Crippen LogP contribution in [-0.4, -0.2) is 64.6 Å². The molecule has 1 aromatic carbocycles. The third kappa shape index (κ3) is 4.14. The molecular formula is C20H20F3N5O2. The summed E-state index contributed by atoms with van der Waals surface area (Å²) in [5.74, 6) is -0.0262. The number of pyridine rings is 1. The predicted molar refractivity (Wildman–Crippen MR) is 105 cm³/mol. The van der Waals surface area contributed by atoms with E-state index in [0.717, 1.165) is 19.2 Å². The molecule has 0 radical (unpaired) electrons. The summed E-state index contributed by atoms with van der Waals surface area (Å²) in [6.45, 7) is 2.85. The van der Waals surface area contributed by atoms with E-state index in [1.54, 1.807) is 18.5 Å². The fourth-order valence-electron chi connectivity index (χ4n) is 3.44. The first-order valence-electron chi connectivity index (χ1n) is 9.38. The number of hydrogen-bond donors (Lipinski definition) is 2. The molecule has 1 atom stereocenters. The van der Waals surface area contributed by atoms with Crippen LogP contribution in [0.15, 0.2) is 36.7 Å². The largest absolute Gasteiger partial charge is 0.507 e. The van der Waals surface area contributed by atoms with Crippen molar-refractivity contribution in [3.8, 4) is 17.0 Å². The van der Waals surface area contributed by atoms with Gasteiger partial charge < -0.3 is 20.1 Å². The van der Waals surface area contributed by atoms with Crippen molar-refractivity contribution in [2.75, 3.05) is 38.6 Å². The number of halogens is 3. The Hall–Kier alpha value is -2.98. The number of aromatic hydroxyl groups is 1. The van der Waals surface area contributed by atoms with Crippen LogP contribution in [0.5, 0.6) is 5.75 Å². The summed E-state index contributed by atoms with van der Waals surface area (Å²) < 4.78 is 44.4. The summed E-state index contributed by atoms with van der Waals surface area (Å²) in [5.41, 5.74) is -0.494. The van der Waals surface area contributed by atoms with Crippen molar-refractivity contribution >= 4 is 16.6 Å². The number of rotatable bonds is 4. The first kappa shape index (κ1) is 20.3. The molecule has 1 saturated heterocycles. The van der Waals surface area contributed by atoms with Gasteiger partial charge in [0.15, 0.2) is 5.82 Å². The number of fused-ring (bicyclic) bond motifs is 1. The second-order valence-corrected chi connectivity index (χ2v) is 7.18. The van der Waals surface area contributed by atoms with Crippen molar-refractivity contribution in [1.82, 2.24) is 20.1 Å². The zero-order valence-corrected chi connectivity index (χ0v) is 16.1. The Labute approximate surface area is 170 Å². The van der Waals surface area contributed by atoms with Crippen LogP contribution < -0.4 is 5.32 Å². The summed E-state index contributed by atoms with van der Waals surface area (Å²) in [6, 6.07) is 4.48. The zero-order chi connectivity index (χ0) is 21.3. The molecule has 7 nitrogen and oxygen atoms in total. The number of nitrogens with zero attached hydrogens (tertiary/aromatic N) is 4. The molecule has 10 heteroatoms. The molecule has 1 aliphatic rings.